The molecule has 0 atom stereocenters. The van der Waals surface area contributed by atoms with Crippen LogP contribution in [0.2, 0.25) is 0 Å². The summed E-state index contributed by atoms with van der Waals surface area (Å²) >= 11 is 1.54. The molecule has 0 spiro atoms. The lowest BCUT2D eigenvalue weighted by Crippen LogP contribution is -2.24. The molecule has 0 aliphatic carbocycles. The number of ether oxygens (including phenoxy) is 2. The van der Waals surface area contributed by atoms with Crippen LogP contribution in [0, 0.1) is 0 Å². The van der Waals surface area contributed by atoms with Gasteiger partial charge in [-0.15, -0.1) is 0 Å². The van der Waals surface area contributed by atoms with Crippen molar-refractivity contribution in [1.82, 2.24) is 35.0 Å². The van der Waals surface area contributed by atoms with Gasteiger partial charge in [0.2, 0.25) is 0 Å². The summed E-state index contributed by atoms with van der Waals surface area (Å²) in [6.45, 7) is 6.98. The Morgan fingerprint density at radius 3 is 2.79 bits per heavy atom. The molecule has 10 nitrogen and oxygen atoms in total. The summed E-state index contributed by atoms with van der Waals surface area (Å²) in [5.41, 5.74) is 9.41. The average Bonchev–Trinajstić information content (AvgIpc) is 3.45. The second-order valence-corrected chi connectivity index (χ2v) is 9.03. The van der Waals surface area contributed by atoms with E-state index < -0.39 is 0 Å². The molecule has 33 heavy (non-hydrogen) atoms. The van der Waals surface area contributed by atoms with Gasteiger partial charge in [-0.1, -0.05) is 25.6 Å². The lowest BCUT2D eigenvalue weighted by molar-refractivity contribution is 0.171. The van der Waals surface area contributed by atoms with Crippen molar-refractivity contribution in [3.8, 4) is 22.6 Å². The van der Waals surface area contributed by atoms with E-state index in [0.717, 1.165) is 57.8 Å². The summed E-state index contributed by atoms with van der Waals surface area (Å²) in [7, 11) is 0. The van der Waals surface area contributed by atoms with Crippen LogP contribution in [0.25, 0.3) is 22.3 Å². The van der Waals surface area contributed by atoms with Crippen molar-refractivity contribution in [1.29, 1.82) is 0 Å². The normalized spacial score (nSPS) is 13.2. The van der Waals surface area contributed by atoms with E-state index in [1.54, 1.807) is 18.0 Å². The minimum Gasteiger partial charge on any atom is -0.486 e. The number of benzene rings is 1. The molecule has 4 heterocycles. The molecule has 5 rings (SSSR count). The number of aromatic amines is 1. The highest BCUT2D eigenvalue weighted by Gasteiger charge is 2.21. The highest BCUT2D eigenvalue weighted by molar-refractivity contribution is 7.99. The van der Waals surface area contributed by atoms with Gasteiger partial charge in [0.15, 0.2) is 33.6 Å². The molecule has 0 amide bonds. The maximum atomic E-state index is 6.13. The van der Waals surface area contributed by atoms with E-state index in [2.05, 4.69) is 43.9 Å². The lowest BCUT2D eigenvalue weighted by Gasteiger charge is -2.21. The maximum absolute atomic E-state index is 6.13. The van der Waals surface area contributed by atoms with Gasteiger partial charge in [-0.2, -0.15) is 5.10 Å². The fourth-order valence-electron chi connectivity index (χ4n) is 3.72. The largest absolute Gasteiger partial charge is 0.486 e. The van der Waals surface area contributed by atoms with E-state index in [4.69, 9.17) is 20.2 Å². The number of aryl methyl sites for hydroxylation is 1. The van der Waals surface area contributed by atoms with Crippen LogP contribution >= 0.6 is 11.8 Å². The van der Waals surface area contributed by atoms with Crippen molar-refractivity contribution in [3.63, 3.8) is 0 Å². The van der Waals surface area contributed by atoms with Crippen LogP contribution in [-0.2, 0) is 6.54 Å². The van der Waals surface area contributed by atoms with E-state index in [-0.39, 0.29) is 0 Å². The Morgan fingerprint density at radius 2 is 2.03 bits per heavy atom. The van der Waals surface area contributed by atoms with E-state index in [9.17, 15) is 0 Å². The second kappa shape index (κ2) is 9.28. The van der Waals surface area contributed by atoms with Gasteiger partial charge in [0.1, 0.15) is 19.5 Å². The lowest BCUT2D eigenvalue weighted by atomic mass is 10.1. The second-order valence-electron chi connectivity index (χ2n) is 8.02. The molecular weight excluding hydrogens is 440 g/mol. The minimum atomic E-state index is 0.373. The molecule has 0 saturated heterocycles. The van der Waals surface area contributed by atoms with Gasteiger partial charge < -0.3 is 25.1 Å². The molecule has 0 radical (unpaired) electrons. The van der Waals surface area contributed by atoms with Gasteiger partial charge >= 0.3 is 0 Å². The summed E-state index contributed by atoms with van der Waals surface area (Å²) in [6.07, 6.45) is 6.06. The summed E-state index contributed by atoms with van der Waals surface area (Å²) in [4.78, 5) is 14.4. The molecule has 0 bridgehead atoms. The predicted octanol–water partition coefficient (Wildman–Crippen LogP) is 3.11. The standard InChI is InChI=1S/C22H26N8O2S/c1-13(2)24-4-3-5-30-21-19(20(23)25-12-26-21)29-22(30)33-18-9-17-16(31-6-7-32-17)8-15(18)14-10-27-28-11-14/h8-13,24H,3-7H2,1-2H3,(H,27,28)(H2,23,25,26). The Hall–Kier alpha value is -3.31. The van der Waals surface area contributed by atoms with Crippen LogP contribution in [0.5, 0.6) is 11.5 Å². The number of nitrogens with one attached hydrogen (secondary N) is 2. The van der Waals surface area contributed by atoms with Gasteiger partial charge in [-0.3, -0.25) is 5.10 Å². The van der Waals surface area contributed by atoms with E-state index in [1.165, 1.54) is 6.33 Å². The fourth-order valence-corrected chi connectivity index (χ4v) is 4.79. The molecule has 0 saturated carbocycles. The van der Waals surface area contributed by atoms with Crippen molar-refractivity contribution in [2.24, 2.45) is 0 Å². The zero-order chi connectivity index (χ0) is 22.8. The molecule has 0 fully saturated rings. The minimum absolute atomic E-state index is 0.373. The van der Waals surface area contributed by atoms with Gasteiger partial charge in [0.25, 0.3) is 0 Å². The first-order chi connectivity index (χ1) is 16.1. The zero-order valence-corrected chi connectivity index (χ0v) is 19.4. The van der Waals surface area contributed by atoms with Gasteiger partial charge in [0, 0.05) is 34.8 Å². The first kappa shape index (κ1) is 21.5. The third kappa shape index (κ3) is 4.46. The van der Waals surface area contributed by atoms with Gasteiger partial charge in [0.05, 0.1) is 6.20 Å². The third-order valence-corrected chi connectivity index (χ3v) is 6.34. The highest BCUT2D eigenvalue weighted by Crippen LogP contribution is 2.44. The van der Waals surface area contributed by atoms with Crippen LogP contribution in [0.3, 0.4) is 0 Å². The predicted molar refractivity (Wildman–Crippen MR) is 127 cm³/mol. The summed E-state index contributed by atoms with van der Waals surface area (Å²) in [5.74, 6) is 1.82. The number of hydrogen-bond donors (Lipinski definition) is 3. The Labute approximate surface area is 195 Å². The summed E-state index contributed by atoms with van der Waals surface area (Å²) in [6, 6.07) is 4.43. The molecule has 1 aliphatic heterocycles. The molecular formula is C22H26N8O2S. The molecule has 1 aromatic carbocycles. The number of nitrogens with two attached hydrogens (primary N) is 1. The van der Waals surface area contributed by atoms with Crippen LogP contribution in [0.4, 0.5) is 5.82 Å². The molecule has 11 heteroatoms. The number of nitrogen functional groups attached to an aromatic ring is 1. The fraction of sp³-hybridized carbons (Fsp3) is 0.364. The van der Waals surface area contributed by atoms with Crippen LogP contribution in [-0.4, -0.2) is 55.5 Å². The van der Waals surface area contributed by atoms with E-state index in [0.29, 0.717) is 30.6 Å². The number of nitrogens with zero attached hydrogens (tertiary/aromatic N) is 5. The van der Waals surface area contributed by atoms with Crippen molar-refractivity contribution < 1.29 is 9.47 Å². The summed E-state index contributed by atoms with van der Waals surface area (Å²) < 4.78 is 13.8. The Kier molecular flexibility index (Phi) is 6.05. The van der Waals surface area contributed by atoms with E-state index in [1.807, 2.05) is 18.3 Å². The highest BCUT2D eigenvalue weighted by atomic mass is 32.2. The first-order valence-electron chi connectivity index (χ1n) is 10.9. The number of aromatic nitrogens is 6. The quantitative estimate of drug-likeness (QED) is 0.335. The van der Waals surface area contributed by atoms with Crippen molar-refractivity contribution >= 4 is 28.7 Å². The average molecular weight is 467 g/mol. The molecule has 3 aromatic heterocycles. The molecule has 4 N–H and O–H groups in total. The number of imidazole rings is 1. The number of anilines is 1. The topological polar surface area (TPSA) is 129 Å². The van der Waals surface area contributed by atoms with Crippen LogP contribution in [0.15, 0.2) is 40.9 Å². The molecule has 0 unspecified atom stereocenters. The molecule has 1 aliphatic rings. The number of hydrogen-bond acceptors (Lipinski definition) is 9. The van der Waals surface area contributed by atoms with Crippen LogP contribution < -0.4 is 20.5 Å². The Morgan fingerprint density at radius 1 is 1.21 bits per heavy atom. The SMILES string of the molecule is CC(C)NCCCn1c(Sc2cc3c(cc2-c2cn[nH]c2)OCCO3)nc2c(N)ncnc21. The third-order valence-electron chi connectivity index (χ3n) is 5.29. The van der Waals surface area contributed by atoms with Crippen molar-refractivity contribution in [2.75, 3.05) is 25.5 Å². The first-order valence-corrected chi connectivity index (χ1v) is 11.7. The zero-order valence-electron chi connectivity index (χ0n) is 18.5. The Bertz CT molecular complexity index is 1260. The number of rotatable bonds is 8. The Balaban J connectivity index is 1.55. The smallest absolute Gasteiger partial charge is 0.175 e. The van der Waals surface area contributed by atoms with Crippen molar-refractivity contribution in [2.45, 2.75) is 42.9 Å². The molecule has 4 aromatic rings. The summed E-state index contributed by atoms with van der Waals surface area (Å²) in [5, 5.41) is 11.3. The van der Waals surface area contributed by atoms with Crippen LogP contribution in [0.1, 0.15) is 20.3 Å². The van der Waals surface area contributed by atoms with Gasteiger partial charge in [-0.05, 0) is 25.1 Å². The number of H-pyrrole nitrogens is 1. The maximum Gasteiger partial charge on any atom is 0.175 e. The monoisotopic (exact) mass is 466 g/mol. The molecule has 172 valence electrons. The number of fused-ring (bicyclic) bond motifs is 2. The van der Waals surface area contributed by atoms with Gasteiger partial charge in [-0.25, -0.2) is 15.0 Å². The van der Waals surface area contributed by atoms with Crippen molar-refractivity contribution in [3.05, 3.63) is 30.9 Å². The van der Waals surface area contributed by atoms with E-state index >= 15 is 0 Å².